The number of benzene rings is 2. The fourth-order valence-corrected chi connectivity index (χ4v) is 2.63. The molecule has 24 heavy (non-hydrogen) atoms. The van der Waals surface area contributed by atoms with Crippen LogP contribution in [-0.4, -0.2) is 5.97 Å². The van der Waals surface area contributed by atoms with E-state index in [1.807, 2.05) is 18.2 Å². The third kappa shape index (κ3) is 3.96. The van der Waals surface area contributed by atoms with Gasteiger partial charge >= 0.3 is 12.1 Å². The number of halogens is 3. The van der Waals surface area contributed by atoms with Gasteiger partial charge in [0.25, 0.3) is 0 Å². The van der Waals surface area contributed by atoms with Crippen LogP contribution in [0.15, 0.2) is 48.5 Å². The van der Waals surface area contributed by atoms with Crippen LogP contribution in [0.1, 0.15) is 59.8 Å². The summed E-state index contributed by atoms with van der Waals surface area (Å²) in [5.74, 6) is -1.21. The molecule has 0 fully saturated rings. The maximum absolute atomic E-state index is 13.2. The van der Waals surface area contributed by atoms with Crippen LogP contribution in [-0.2, 0) is 10.9 Å². The number of rotatable bonds is 4. The quantitative estimate of drug-likeness (QED) is 0.665. The van der Waals surface area contributed by atoms with Crippen molar-refractivity contribution in [2.24, 2.45) is 0 Å². The molecule has 5 heteroatoms. The lowest BCUT2D eigenvalue weighted by Crippen LogP contribution is -2.17. The summed E-state index contributed by atoms with van der Waals surface area (Å²) in [4.78, 5) is 12.4. The van der Waals surface area contributed by atoms with Gasteiger partial charge in [0.05, 0.1) is 11.1 Å². The number of alkyl halides is 3. The summed E-state index contributed by atoms with van der Waals surface area (Å²) in [7, 11) is 0. The van der Waals surface area contributed by atoms with Gasteiger partial charge in [-0.15, -0.1) is 0 Å². The van der Waals surface area contributed by atoms with Crippen LogP contribution in [0.25, 0.3) is 0 Å². The van der Waals surface area contributed by atoms with E-state index in [0.29, 0.717) is 0 Å². The van der Waals surface area contributed by atoms with Crippen LogP contribution in [0.5, 0.6) is 0 Å². The Balaban J connectivity index is 2.36. The minimum Gasteiger partial charge on any atom is -0.454 e. The smallest absolute Gasteiger partial charge is 0.416 e. The molecule has 0 saturated carbocycles. The first kappa shape index (κ1) is 18.0. The largest absolute Gasteiger partial charge is 0.454 e. The van der Waals surface area contributed by atoms with E-state index in [2.05, 4.69) is 0 Å². The van der Waals surface area contributed by atoms with Crippen molar-refractivity contribution in [3.8, 4) is 0 Å². The van der Waals surface area contributed by atoms with Gasteiger partial charge in [-0.2, -0.15) is 13.2 Å². The number of hydrogen-bond donors (Lipinski definition) is 0. The van der Waals surface area contributed by atoms with Gasteiger partial charge in [-0.1, -0.05) is 50.2 Å². The first-order valence-electron chi connectivity index (χ1n) is 7.67. The number of esters is 1. The molecule has 0 spiro atoms. The Morgan fingerprint density at radius 2 is 1.58 bits per heavy atom. The molecule has 0 aliphatic rings. The molecule has 0 aliphatic heterocycles. The Morgan fingerprint density at radius 3 is 2.12 bits per heavy atom. The van der Waals surface area contributed by atoms with Gasteiger partial charge in [-0.3, -0.25) is 0 Å². The first-order chi connectivity index (χ1) is 11.2. The van der Waals surface area contributed by atoms with Gasteiger partial charge in [0.1, 0.15) is 6.10 Å². The zero-order valence-corrected chi connectivity index (χ0v) is 13.7. The summed E-state index contributed by atoms with van der Waals surface area (Å²) in [6.45, 7) is 4.94. The highest BCUT2D eigenvalue weighted by atomic mass is 19.4. The van der Waals surface area contributed by atoms with Crippen molar-refractivity contribution >= 4 is 5.97 Å². The molecule has 0 radical (unpaired) electrons. The van der Waals surface area contributed by atoms with Gasteiger partial charge in [0.15, 0.2) is 0 Å². The summed E-state index contributed by atoms with van der Waals surface area (Å²) in [6.07, 6.45) is -5.06. The third-order valence-electron chi connectivity index (χ3n) is 3.76. The molecule has 0 bridgehead atoms. The second kappa shape index (κ2) is 7.07. The van der Waals surface area contributed by atoms with E-state index >= 15 is 0 Å². The lowest BCUT2D eigenvalue weighted by Gasteiger charge is -2.20. The molecule has 0 aromatic heterocycles. The van der Waals surface area contributed by atoms with E-state index in [0.717, 1.165) is 11.6 Å². The predicted molar refractivity (Wildman–Crippen MR) is 85.8 cm³/mol. The molecule has 2 rings (SSSR count). The Morgan fingerprint density at radius 1 is 0.958 bits per heavy atom. The van der Waals surface area contributed by atoms with E-state index in [9.17, 15) is 18.0 Å². The lowest BCUT2D eigenvalue weighted by molar-refractivity contribution is -0.138. The Labute approximate surface area is 139 Å². The highest BCUT2D eigenvalue weighted by molar-refractivity contribution is 5.92. The Bertz CT molecular complexity index is 706. The monoisotopic (exact) mass is 336 g/mol. The van der Waals surface area contributed by atoms with Gasteiger partial charge < -0.3 is 4.74 Å². The van der Waals surface area contributed by atoms with E-state index in [-0.39, 0.29) is 11.1 Å². The maximum atomic E-state index is 13.2. The van der Waals surface area contributed by atoms with E-state index in [1.54, 1.807) is 32.9 Å². The van der Waals surface area contributed by atoms with Gasteiger partial charge in [0.2, 0.25) is 0 Å². The standard InChI is InChI=1S/C19H19F3O2/c1-12(2)17-15(10-7-11-16(17)19(20,21)22)18(23)24-13(3)14-8-5-4-6-9-14/h4-13H,1-3H3. The number of carbonyl (C=O) groups is 1. The van der Waals surface area contributed by atoms with Crippen molar-refractivity contribution in [1.82, 2.24) is 0 Å². The fraction of sp³-hybridized carbons (Fsp3) is 0.316. The van der Waals surface area contributed by atoms with Gasteiger partial charge in [-0.05, 0) is 36.1 Å². The second-order valence-electron chi connectivity index (χ2n) is 5.88. The van der Waals surface area contributed by atoms with Crippen molar-refractivity contribution in [2.75, 3.05) is 0 Å². The molecule has 0 amide bonds. The van der Waals surface area contributed by atoms with Crippen LogP contribution in [0.2, 0.25) is 0 Å². The van der Waals surface area contributed by atoms with Gasteiger partial charge in [0, 0.05) is 0 Å². The normalized spacial score (nSPS) is 13.0. The topological polar surface area (TPSA) is 26.3 Å². The van der Waals surface area contributed by atoms with Crippen LogP contribution in [0.3, 0.4) is 0 Å². The van der Waals surface area contributed by atoms with Crippen molar-refractivity contribution in [3.63, 3.8) is 0 Å². The third-order valence-corrected chi connectivity index (χ3v) is 3.76. The molecule has 2 aromatic carbocycles. The van der Waals surface area contributed by atoms with E-state index < -0.39 is 29.7 Å². The summed E-state index contributed by atoms with van der Waals surface area (Å²) >= 11 is 0. The molecule has 128 valence electrons. The van der Waals surface area contributed by atoms with E-state index in [4.69, 9.17) is 4.74 Å². The molecule has 0 saturated heterocycles. The van der Waals surface area contributed by atoms with Crippen LogP contribution in [0.4, 0.5) is 13.2 Å². The van der Waals surface area contributed by atoms with Crippen molar-refractivity contribution < 1.29 is 22.7 Å². The van der Waals surface area contributed by atoms with E-state index in [1.165, 1.54) is 12.1 Å². The summed E-state index contributed by atoms with van der Waals surface area (Å²) in [5.41, 5.74) is -0.0823. The molecular formula is C19H19F3O2. The Kier molecular flexibility index (Phi) is 5.32. The van der Waals surface area contributed by atoms with Crippen molar-refractivity contribution in [2.45, 2.75) is 39.0 Å². The molecule has 1 atom stereocenters. The first-order valence-corrected chi connectivity index (χ1v) is 7.67. The molecule has 0 N–H and O–H groups in total. The zero-order valence-electron chi connectivity index (χ0n) is 13.7. The number of ether oxygens (including phenoxy) is 1. The van der Waals surface area contributed by atoms with Crippen molar-refractivity contribution in [3.05, 3.63) is 70.8 Å². The number of carbonyl (C=O) groups excluding carboxylic acids is 1. The fourth-order valence-electron chi connectivity index (χ4n) is 2.63. The average Bonchev–Trinajstić information content (AvgIpc) is 2.53. The SMILES string of the molecule is CC(C)c1c(C(=O)OC(C)c2ccccc2)cccc1C(F)(F)F. The maximum Gasteiger partial charge on any atom is 0.416 e. The van der Waals surface area contributed by atoms with Crippen LogP contribution in [0, 0.1) is 0 Å². The van der Waals surface area contributed by atoms with Crippen molar-refractivity contribution in [1.29, 1.82) is 0 Å². The summed E-state index contributed by atoms with van der Waals surface area (Å²) in [5, 5.41) is 0. The molecule has 0 aliphatic carbocycles. The molecular weight excluding hydrogens is 317 g/mol. The predicted octanol–water partition coefficient (Wildman–Crippen LogP) is 5.75. The number of hydrogen-bond acceptors (Lipinski definition) is 2. The highest BCUT2D eigenvalue weighted by Gasteiger charge is 2.36. The average molecular weight is 336 g/mol. The highest BCUT2D eigenvalue weighted by Crippen LogP contribution is 2.37. The molecule has 1 unspecified atom stereocenters. The summed E-state index contributed by atoms with van der Waals surface area (Å²) < 4.78 is 45.1. The minimum absolute atomic E-state index is 0.0322. The molecule has 2 aromatic rings. The minimum atomic E-state index is -4.51. The van der Waals surface area contributed by atoms with Crippen LogP contribution >= 0.6 is 0 Å². The van der Waals surface area contributed by atoms with Crippen LogP contribution < -0.4 is 0 Å². The Hall–Kier alpha value is -2.30. The molecule has 2 nitrogen and oxygen atoms in total. The zero-order chi connectivity index (χ0) is 17.9. The second-order valence-corrected chi connectivity index (χ2v) is 5.88. The summed E-state index contributed by atoms with van der Waals surface area (Å²) in [6, 6.07) is 12.7. The lowest BCUT2D eigenvalue weighted by atomic mass is 9.91. The molecule has 0 heterocycles. The van der Waals surface area contributed by atoms with Gasteiger partial charge in [-0.25, -0.2) is 4.79 Å².